The maximum Gasteiger partial charge on any atom is 0.378 e. The van der Waals surface area contributed by atoms with Crippen molar-refractivity contribution in [2.24, 2.45) is 5.73 Å². The molecule has 0 radical (unpaired) electrons. The highest BCUT2D eigenvalue weighted by atomic mass is 16.6. The molecule has 1 rings (SSSR count). The number of rotatable bonds is 1. The fourth-order valence-corrected chi connectivity index (χ4v) is 0.542. The third kappa shape index (κ3) is 1.18. The maximum atomic E-state index is 10.1. The van der Waals surface area contributed by atoms with Gasteiger partial charge in [-0.15, -0.1) is 0 Å². The molecule has 0 heterocycles. The lowest BCUT2D eigenvalue weighted by atomic mass is 10.2. The van der Waals surface area contributed by atoms with Gasteiger partial charge in [-0.1, -0.05) is 0 Å². The molecule has 4 heteroatoms. The van der Waals surface area contributed by atoms with Gasteiger partial charge in [-0.25, -0.2) is 10.1 Å². The first-order chi connectivity index (χ1) is 4.70. The summed E-state index contributed by atoms with van der Waals surface area (Å²) >= 11 is 0. The molecule has 0 atom stereocenters. The fourth-order valence-electron chi connectivity index (χ4n) is 0.542. The highest BCUT2D eigenvalue weighted by molar-refractivity contribution is 5.29. The summed E-state index contributed by atoms with van der Waals surface area (Å²) in [6, 6.07) is 0. The molecule has 0 aromatic carbocycles. The lowest BCUT2D eigenvalue weighted by Gasteiger charge is -1.85. The van der Waals surface area contributed by atoms with E-state index in [0.717, 1.165) is 0 Å². The first-order valence-corrected chi connectivity index (χ1v) is 2.62. The summed E-state index contributed by atoms with van der Waals surface area (Å²) in [5.41, 5.74) is 5.67. The molecule has 0 amide bonds. The Hall–Kier alpha value is -1.67. The van der Waals surface area contributed by atoms with Crippen LogP contribution in [0.4, 0.5) is 0 Å². The number of nitrogens with two attached hydrogens (primary N) is 1. The van der Waals surface area contributed by atoms with Crippen LogP contribution in [0.3, 0.4) is 0 Å². The summed E-state index contributed by atoms with van der Waals surface area (Å²) in [4.78, 5) is 9.57. The minimum Gasteiger partial charge on any atom is -0.369 e. The zero-order valence-electron chi connectivity index (χ0n) is 5.07. The van der Waals surface area contributed by atoms with Gasteiger partial charge in [-0.3, -0.25) is 0 Å². The minimum atomic E-state index is -0.490. The van der Waals surface area contributed by atoms with Gasteiger partial charge in [0.15, 0.2) is 6.08 Å². The molecule has 4 nitrogen and oxygen atoms in total. The molecule has 1 aliphatic carbocycles. The Kier molecular flexibility index (Phi) is 1.48. The Morgan fingerprint density at radius 3 is 2.70 bits per heavy atom. The summed E-state index contributed by atoms with van der Waals surface area (Å²) in [5, 5.41) is 10.1. The molecule has 0 fully saturated rings. The van der Waals surface area contributed by atoms with Crippen molar-refractivity contribution in [1.82, 2.24) is 0 Å². The van der Waals surface area contributed by atoms with Gasteiger partial charge < -0.3 is 5.73 Å². The van der Waals surface area contributed by atoms with Gasteiger partial charge in [-0.05, 0) is 0 Å². The second kappa shape index (κ2) is 2.29. The summed E-state index contributed by atoms with van der Waals surface area (Å²) in [7, 11) is 0. The summed E-state index contributed by atoms with van der Waals surface area (Å²) < 4.78 is 0. The summed E-state index contributed by atoms with van der Waals surface area (Å²) in [5.74, 6) is 0. The first kappa shape index (κ1) is 6.45. The van der Waals surface area contributed by atoms with E-state index >= 15 is 0 Å². The zero-order valence-corrected chi connectivity index (χ0v) is 5.07. The Morgan fingerprint density at radius 1 is 1.60 bits per heavy atom. The van der Waals surface area contributed by atoms with Gasteiger partial charge in [0.25, 0.3) is 0 Å². The molecule has 0 saturated carbocycles. The van der Waals surface area contributed by atoms with Crippen LogP contribution in [0.2, 0.25) is 0 Å². The molecular formula is C6H5N2O2+. The molecule has 0 saturated heterocycles. The molecule has 50 valence electrons. The molecule has 10 heavy (non-hydrogen) atoms. The van der Waals surface area contributed by atoms with Crippen LogP contribution >= 0.6 is 0 Å². The van der Waals surface area contributed by atoms with Crippen molar-refractivity contribution in [1.29, 1.82) is 0 Å². The average molecular weight is 137 g/mol. The summed E-state index contributed by atoms with van der Waals surface area (Å²) in [6.07, 6.45) is 6.54. The second-order valence-electron chi connectivity index (χ2n) is 1.76. The Bertz CT molecular complexity index is 250. The van der Waals surface area contributed by atoms with E-state index in [2.05, 4.69) is 6.08 Å². The predicted octanol–water partition coefficient (Wildman–Crippen LogP) is 0.363. The van der Waals surface area contributed by atoms with Crippen molar-refractivity contribution < 1.29 is 4.92 Å². The highest BCUT2D eigenvalue weighted by Crippen LogP contribution is 2.05. The first-order valence-electron chi connectivity index (χ1n) is 2.62. The molecule has 0 unspecified atom stereocenters. The molecule has 2 N–H and O–H groups in total. The number of allylic oxidation sites excluding steroid dienone is 4. The number of hydrogen-bond acceptors (Lipinski definition) is 3. The van der Waals surface area contributed by atoms with Crippen LogP contribution < -0.4 is 5.73 Å². The van der Waals surface area contributed by atoms with Crippen molar-refractivity contribution in [3.63, 3.8) is 0 Å². The van der Waals surface area contributed by atoms with E-state index in [4.69, 9.17) is 5.73 Å². The van der Waals surface area contributed by atoms with Crippen molar-refractivity contribution in [2.45, 2.75) is 0 Å². The van der Waals surface area contributed by atoms with Gasteiger partial charge in [0.05, 0.1) is 12.2 Å². The van der Waals surface area contributed by atoms with E-state index in [1.165, 1.54) is 18.2 Å². The molecule has 1 aliphatic rings. The second-order valence-corrected chi connectivity index (χ2v) is 1.76. The Balaban J connectivity index is 2.88. The van der Waals surface area contributed by atoms with Gasteiger partial charge in [0.2, 0.25) is 5.70 Å². The van der Waals surface area contributed by atoms with Crippen LogP contribution in [-0.4, -0.2) is 4.92 Å². The third-order valence-corrected chi connectivity index (χ3v) is 1.03. The van der Waals surface area contributed by atoms with Crippen LogP contribution in [0, 0.1) is 16.2 Å². The number of nitro groups is 1. The highest BCUT2D eigenvalue weighted by Gasteiger charge is 2.16. The van der Waals surface area contributed by atoms with E-state index in [1.807, 2.05) is 0 Å². The Labute approximate surface area is 57.5 Å². The van der Waals surface area contributed by atoms with Crippen LogP contribution in [0.15, 0.2) is 29.6 Å². The topological polar surface area (TPSA) is 69.2 Å². The smallest absolute Gasteiger partial charge is 0.369 e. The third-order valence-electron chi connectivity index (χ3n) is 1.03. The van der Waals surface area contributed by atoms with E-state index in [9.17, 15) is 10.1 Å². The molecule has 0 aromatic heterocycles. The SMILES string of the molecule is NC1=[C+]C=C([N+](=O)[O-])C=C1. The average Bonchev–Trinajstić information content (AvgIpc) is 1.88. The fraction of sp³-hybridized carbons (Fsp3) is 0. The van der Waals surface area contributed by atoms with Gasteiger partial charge in [0, 0.05) is 0 Å². The summed E-state index contributed by atoms with van der Waals surface area (Å²) in [6.45, 7) is 0. The normalized spacial score (nSPS) is 15.2. The molecule has 0 spiro atoms. The van der Waals surface area contributed by atoms with E-state index < -0.39 is 4.92 Å². The molecule has 0 bridgehead atoms. The maximum absolute atomic E-state index is 10.1. The molecule has 0 aliphatic heterocycles. The Morgan fingerprint density at radius 2 is 2.30 bits per heavy atom. The van der Waals surface area contributed by atoms with Crippen molar-refractivity contribution in [3.05, 3.63) is 45.8 Å². The van der Waals surface area contributed by atoms with Crippen LogP contribution in [0.25, 0.3) is 0 Å². The number of nitrogens with zero attached hydrogens (tertiary/aromatic N) is 1. The van der Waals surface area contributed by atoms with E-state index in [1.54, 1.807) is 0 Å². The van der Waals surface area contributed by atoms with Crippen molar-refractivity contribution >= 4 is 0 Å². The van der Waals surface area contributed by atoms with Gasteiger partial charge in [0.1, 0.15) is 11.0 Å². The van der Waals surface area contributed by atoms with Crippen molar-refractivity contribution in [2.75, 3.05) is 0 Å². The zero-order chi connectivity index (χ0) is 7.56. The minimum absolute atomic E-state index is 0.00852. The molecular weight excluding hydrogens is 132 g/mol. The lowest BCUT2D eigenvalue weighted by molar-refractivity contribution is -0.419. The van der Waals surface area contributed by atoms with Crippen LogP contribution in [0.5, 0.6) is 0 Å². The molecule has 0 aromatic rings. The van der Waals surface area contributed by atoms with E-state index in [-0.39, 0.29) is 5.70 Å². The lowest BCUT2D eigenvalue weighted by Crippen LogP contribution is -2.01. The van der Waals surface area contributed by atoms with Gasteiger partial charge in [-0.2, -0.15) is 0 Å². The van der Waals surface area contributed by atoms with Crippen LogP contribution in [-0.2, 0) is 0 Å². The standard InChI is InChI=1S/C6H5N2O2/c7-5-1-3-6(4-2-5)8(9)10/h1,3-4H,7H2/q+1. The van der Waals surface area contributed by atoms with Crippen molar-refractivity contribution in [3.8, 4) is 0 Å². The van der Waals surface area contributed by atoms with Gasteiger partial charge >= 0.3 is 5.70 Å². The number of hydrogen-bond donors (Lipinski definition) is 1. The predicted molar refractivity (Wildman–Crippen MR) is 35.2 cm³/mol. The van der Waals surface area contributed by atoms with E-state index in [0.29, 0.717) is 5.70 Å². The van der Waals surface area contributed by atoms with Crippen LogP contribution in [0.1, 0.15) is 0 Å². The quantitative estimate of drug-likeness (QED) is 0.322. The monoisotopic (exact) mass is 137 g/mol. The largest absolute Gasteiger partial charge is 0.378 e.